The van der Waals surface area contributed by atoms with E-state index in [2.05, 4.69) is 17.1 Å². The molecule has 1 N–H and O–H groups in total. The van der Waals surface area contributed by atoms with Crippen LogP contribution in [0.5, 0.6) is 11.5 Å². The molecule has 45 heavy (non-hydrogen) atoms. The molecule has 5 rings (SSSR count). The molecule has 2 heterocycles. The maximum Gasteiger partial charge on any atom is 0.296 e. The number of anilines is 1. The number of ketones is 1. The van der Waals surface area contributed by atoms with Crippen molar-refractivity contribution in [2.45, 2.75) is 42.3 Å². The van der Waals surface area contributed by atoms with Crippen LogP contribution in [0.15, 0.2) is 94.5 Å². The summed E-state index contributed by atoms with van der Waals surface area (Å²) in [6.45, 7) is 2.66. The number of nitrogens with zero attached hydrogens (tertiary/aromatic N) is 3. The average molecular weight is 662 g/mol. The highest BCUT2D eigenvalue weighted by molar-refractivity contribution is 8.00. The molecule has 1 amide bonds. The zero-order valence-corrected chi connectivity index (χ0v) is 27.2. The second-order valence-electron chi connectivity index (χ2n) is 10.2. The number of carbonyl (C=O) groups is 2. The van der Waals surface area contributed by atoms with E-state index in [1.54, 1.807) is 24.3 Å². The fourth-order valence-electron chi connectivity index (χ4n) is 4.79. The molecule has 1 atom stereocenters. The summed E-state index contributed by atoms with van der Waals surface area (Å²) in [5, 5.41) is 20.6. The molecule has 0 saturated heterocycles. The Labute approximate surface area is 275 Å². The Kier molecular flexibility index (Phi) is 10.9. The van der Waals surface area contributed by atoms with Gasteiger partial charge in [-0.1, -0.05) is 109 Å². The number of benzene rings is 3. The number of methoxy groups -OCH3 is 1. The minimum absolute atomic E-state index is 0.0589. The van der Waals surface area contributed by atoms with E-state index in [1.165, 1.54) is 41.2 Å². The van der Waals surface area contributed by atoms with Gasteiger partial charge in [-0.3, -0.25) is 14.5 Å². The Hall–Kier alpha value is -4.12. The summed E-state index contributed by atoms with van der Waals surface area (Å²) >= 11 is 8.68. The number of hydrogen-bond acceptors (Lipinski definition) is 9. The number of aliphatic hydroxyl groups is 1. The van der Waals surface area contributed by atoms with E-state index in [4.69, 9.17) is 21.1 Å². The summed E-state index contributed by atoms with van der Waals surface area (Å²) in [4.78, 5) is 28.6. The molecular weight excluding hydrogens is 630 g/mol. The number of halogens is 1. The molecule has 0 radical (unpaired) electrons. The van der Waals surface area contributed by atoms with E-state index in [-0.39, 0.29) is 10.7 Å². The Bertz CT molecular complexity index is 1710. The Morgan fingerprint density at radius 2 is 1.84 bits per heavy atom. The van der Waals surface area contributed by atoms with Crippen LogP contribution in [0, 0.1) is 0 Å². The number of carbonyl (C=O) groups excluding carboxylic acids is 2. The van der Waals surface area contributed by atoms with Crippen LogP contribution in [0.3, 0.4) is 0 Å². The number of amides is 1. The van der Waals surface area contributed by atoms with Gasteiger partial charge in [0.05, 0.1) is 25.3 Å². The van der Waals surface area contributed by atoms with Crippen LogP contribution in [-0.4, -0.2) is 40.7 Å². The van der Waals surface area contributed by atoms with Crippen molar-refractivity contribution in [3.63, 3.8) is 0 Å². The summed E-state index contributed by atoms with van der Waals surface area (Å²) in [6, 6.07) is 21.1. The number of thioether (sulfide) groups is 1. The molecule has 4 aromatic rings. The highest BCUT2D eigenvalue weighted by Crippen LogP contribution is 2.45. The lowest BCUT2D eigenvalue weighted by atomic mass is 9.95. The van der Waals surface area contributed by atoms with Gasteiger partial charge in [0.2, 0.25) is 5.13 Å². The lowest BCUT2D eigenvalue weighted by molar-refractivity contribution is -0.117. The highest BCUT2D eigenvalue weighted by atomic mass is 35.5. The largest absolute Gasteiger partial charge is 0.503 e. The first-order valence-electron chi connectivity index (χ1n) is 14.4. The summed E-state index contributed by atoms with van der Waals surface area (Å²) in [5.41, 5.74) is 2.35. The summed E-state index contributed by atoms with van der Waals surface area (Å²) in [6.07, 6.45) is 6.04. The molecule has 0 saturated carbocycles. The van der Waals surface area contributed by atoms with E-state index in [0.29, 0.717) is 38.8 Å². The SMILES string of the molecule is CCCCCOc1ccc(C2C(C(=O)C=Cc3ccccc3)=C(O)C(=O)N2c2nnc(SCc3ccc(Cl)cc3)s2)cc1OC. The van der Waals surface area contributed by atoms with Gasteiger partial charge < -0.3 is 14.6 Å². The number of rotatable bonds is 14. The standard InChI is InChI=1S/C34H32ClN3O5S2/c1-3-4-8-19-43-27-18-14-24(20-28(27)42-2)30-29(26(39)17-13-22-9-6-5-7-10-22)31(40)32(41)38(30)33-36-37-34(45-33)44-21-23-11-15-25(35)16-12-23/h5-7,9-18,20,30,40H,3-4,8,19,21H2,1-2H3. The number of allylic oxidation sites excluding steroid dienone is 1. The van der Waals surface area contributed by atoms with Gasteiger partial charge in [0.15, 0.2) is 27.4 Å². The maximum atomic E-state index is 13.7. The van der Waals surface area contributed by atoms with Crippen LogP contribution in [0.4, 0.5) is 5.13 Å². The van der Waals surface area contributed by atoms with Gasteiger partial charge >= 0.3 is 0 Å². The van der Waals surface area contributed by atoms with Gasteiger partial charge in [0, 0.05) is 10.8 Å². The molecule has 232 valence electrons. The van der Waals surface area contributed by atoms with Crippen LogP contribution >= 0.6 is 34.7 Å². The van der Waals surface area contributed by atoms with Crippen LogP contribution in [0.25, 0.3) is 6.08 Å². The molecular formula is C34H32ClN3O5S2. The topological polar surface area (TPSA) is 102 Å². The van der Waals surface area contributed by atoms with Crippen molar-refractivity contribution >= 4 is 57.6 Å². The van der Waals surface area contributed by atoms with Gasteiger partial charge in [0.1, 0.15) is 0 Å². The van der Waals surface area contributed by atoms with Crippen molar-refractivity contribution in [1.29, 1.82) is 0 Å². The van der Waals surface area contributed by atoms with Crippen molar-refractivity contribution in [3.05, 3.63) is 112 Å². The smallest absolute Gasteiger partial charge is 0.296 e. The van der Waals surface area contributed by atoms with E-state index in [0.717, 1.165) is 30.4 Å². The van der Waals surface area contributed by atoms with Crippen molar-refractivity contribution < 1.29 is 24.2 Å². The van der Waals surface area contributed by atoms with Crippen LogP contribution in [-0.2, 0) is 15.3 Å². The second-order valence-corrected chi connectivity index (χ2v) is 12.8. The number of aromatic nitrogens is 2. The van der Waals surface area contributed by atoms with Crippen LogP contribution < -0.4 is 14.4 Å². The summed E-state index contributed by atoms with van der Waals surface area (Å²) in [7, 11) is 1.53. The molecule has 0 fully saturated rings. The molecule has 8 nitrogen and oxygen atoms in total. The minimum Gasteiger partial charge on any atom is -0.503 e. The van der Waals surface area contributed by atoms with E-state index >= 15 is 0 Å². The van der Waals surface area contributed by atoms with Crippen molar-refractivity contribution in [3.8, 4) is 11.5 Å². The number of aliphatic hydroxyl groups excluding tert-OH is 1. The van der Waals surface area contributed by atoms with Crippen LogP contribution in [0.2, 0.25) is 5.02 Å². The number of hydrogen-bond donors (Lipinski definition) is 1. The first kappa shape index (κ1) is 32.3. The monoisotopic (exact) mass is 661 g/mol. The third-order valence-electron chi connectivity index (χ3n) is 7.09. The maximum absolute atomic E-state index is 13.7. The predicted octanol–water partition coefficient (Wildman–Crippen LogP) is 8.24. The van der Waals surface area contributed by atoms with Gasteiger partial charge in [-0.2, -0.15) is 0 Å². The summed E-state index contributed by atoms with van der Waals surface area (Å²) in [5.74, 6) is -0.246. The lowest BCUT2D eigenvalue weighted by Gasteiger charge is -2.24. The Balaban J connectivity index is 1.47. The van der Waals surface area contributed by atoms with Crippen molar-refractivity contribution in [2.24, 2.45) is 0 Å². The first-order chi connectivity index (χ1) is 21.9. The first-order valence-corrected chi connectivity index (χ1v) is 16.6. The third kappa shape index (κ3) is 7.76. The Morgan fingerprint density at radius 3 is 2.58 bits per heavy atom. The molecule has 0 aliphatic carbocycles. The molecule has 1 unspecified atom stereocenters. The zero-order chi connectivity index (χ0) is 31.8. The molecule has 1 aromatic heterocycles. The number of ether oxygens (including phenoxy) is 2. The molecule has 1 aliphatic heterocycles. The highest BCUT2D eigenvalue weighted by Gasteiger charge is 2.45. The minimum atomic E-state index is -0.976. The van der Waals surface area contributed by atoms with Gasteiger partial charge in [-0.25, -0.2) is 0 Å². The molecule has 0 spiro atoms. The molecule has 0 bridgehead atoms. The van der Waals surface area contributed by atoms with Gasteiger partial charge in [0.25, 0.3) is 5.91 Å². The van der Waals surface area contributed by atoms with E-state index in [9.17, 15) is 14.7 Å². The fourth-order valence-corrected chi connectivity index (χ4v) is 6.74. The van der Waals surface area contributed by atoms with E-state index < -0.39 is 23.5 Å². The van der Waals surface area contributed by atoms with E-state index in [1.807, 2.05) is 54.6 Å². The van der Waals surface area contributed by atoms with Gasteiger partial charge in [-0.05, 0) is 53.5 Å². The van der Waals surface area contributed by atoms with Crippen molar-refractivity contribution in [2.75, 3.05) is 18.6 Å². The Morgan fingerprint density at radius 1 is 1.07 bits per heavy atom. The normalized spacial score (nSPS) is 14.9. The van der Waals surface area contributed by atoms with Crippen LogP contribution in [0.1, 0.15) is 48.9 Å². The third-order valence-corrected chi connectivity index (χ3v) is 9.47. The van der Waals surface area contributed by atoms with Gasteiger partial charge in [-0.15, -0.1) is 10.2 Å². The zero-order valence-electron chi connectivity index (χ0n) is 24.8. The average Bonchev–Trinajstić information content (AvgIpc) is 3.63. The summed E-state index contributed by atoms with van der Waals surface area (Å²) < 4.78 is 12.2. The number of unbranched alkanes of at least 4 members (excludes halogenated alkanes) is 2. The van der Waals surface area contributed by atoms with Crippen molar-refractivity contribution in [1.82, 2.24) is 10.2 Å². The lowest BCUT2D eigenvalue weighted by Crippen LogP contribution is -2.30. The molecule has 11 heteroatoms. The quantitative estimate of drug-likeness (QED) is 0.0624. The fraction of sp³-hybridized carbons (Fsp3) is 0.235. The molecule has 3 aromatic carbocycles. The predicted molar refractivity (Wildman–Crippen MR) is 179 cm³/mol. The molecule has 1 aliphatic rings. The second kappa shape index (κ2) is 15.2.